The number of hydrogen-bond acceptors (Lipinski definition) is 2. The SMILES string of the molecule is O=C1C=Nc2c1c1ccccc1c1ccccc21. The van der Waals surface area contributed by atoms with E-state index < -0.39 is 0 Å². The molecule has 1 aliphatic heterocycles. The van der Waals surface area contributed by atoms with E-state index in [1.165, 1.54) is 6.21 Å². The number of carbonyl (C=O) groups is 1. The summed E-state index contributed by atoms with van der Waals surface area (Å²) in [6, 6.07) is 16.1. The lowest BCUT2D eigenvalue weighted by atomic mass is 9.94. The molecule has 0 fully saturated rings. The highest BCUT2D eigenvalue weighted by Crippen LogP contribution is 2.40. The monoisotopic (exact) mass is 231 g/mol. The third kappa shape index (κ3) is 1.07. The summed E-state index contributed by atoms with van der Waals surface area (Å²) in [7, 11) is 0. The van der Waals surface area contributed by atoms with E-state index in [-0.39, 0.29) is 5.78 Å². The van der Waals surface area contributed by atoms with Crippen molar-refractivity contribution in [2.45, 2.75) is 0 Å². The number of nitrogens with zero attached hydrogens (tertiary/aromatic N) is 1. The molecule has 18 heavy (non-hydrogen) atoms. The standard InChI is InChI=1S/C16H9NO/c18-14-9-17-16-13-8-4-2-6-11(13)10-5-1-3-7-12(10)15(14)16/h1-9H. The number of Topliss-reactive ketones (excluding diaryl/α,β-unsaturated/α-hetero) is 1. The fourth-order valence-electron chi connectivity index (χ4n) is 2.69. The molecule has 3 aromatic rings. The molecule has 0 N–H and O–H groups in total. The second kappa shape index (κ2) is 3.26. The molecule has 0 aliphatic carbocycles. The first-order chi connectivity index (χ1) is 8.86. The van der Waals surface area contributed by atoms with Crippen molar-refractivity contribution in [3.8, 4) is 0 Å². The van der Waals surface area contributed by atoms with E-state index >= 15 is 0 Å². The van der Waals surface area contributed by atoms with Crippen molar-refractivity contribution in [3.05, 3.63) is 54.1 Å². The van der Waals surface area contributed by atoms with Gasteiger partial charge in [0.25, 0.3) is 0 Å². The van der Waals surface area contributed by atoms with Crippen LogP contribution in [0.25, 0.3) is 21.5 Å². The molecule has 0 radical (unpaired) electrons. The Kier molecular flexibility index (Phi) is 1.73. The molecular formula is C16H9NO. The van der Waals surface area contributed by atoms with Crippen LogP contribution < -0.4 is 0 Å². The largest absolute Gasteiger partial charge is 0.287 e. The van der Waals surface area contributed by atoms with Crippen LogP contribution in [0.2, 0.25) is 0 Å². The van der Waals surface area contributed by atoms with E-state index in [4.69, 9.17) is 0 Å². The smallest absolute Gasteiger partial charge is 0.206 e. The number of aliphatic imine (C=N–C) groups is 1. The Balaban J connectivity index is 2.38. The molecule has 0 spiro atoms. The average Bonchev–Trinajstić information content (AvgIpc) is 2.82. The van der Waals surface area contributed by atoms with Crippen LogP contribution in [-0.4, -0.2) is 12.0 Å². The molecule has 0 atom stereocenters. The maximum atomic E-state index is 12.0. The zero-order valence-corrected chi connectivity index (χ0v) is 9.55. The van der Waals surface area contributed by atoms with E-state index in [1.54, 1.807) is 0 Å². The van der Waals surface area contributed by atoms with E-state index in [9.17, 15) is 4.79 Å². The highest BCUT2D eigenvalue weighted by molar-refractivity contribution is 6.45. The van der Waals surface area contributed by atoms with Gasteiger partial charge in [0.15, 0.2) is 0 Å². The lowest BCUT2D eigenvalue weighted by Gasteiger charge is -2.09. The minimum atomic E-state index is 0.00644. The maximum absolute atomic E-state index is 12.0. The summed E-state index contributed by atoms with van der Waals surface area (Å²) in [6.45, 7) is 0. The van der Waals surface area contributed by atoms with Gasteiger partial charge in [-0.15, -0.1) is 0 Å². The number of carbonyl (C=O) groups excluding carboxylic acids is 1. The van der Waals surface area contributed by atoms with Crippen molar-refractivity contribution < 1.29 is 4.79 Å². The summed E-state index contributed by atoms with van der Waals surface area (Å²) in [6.07, 6.45) is 1.42. The van der Waals surface area contributed by atoms with Crippen LogP contribution in [0.1, 0.15) is 10.4 Å². The first-order valence-corrected chi connectivity index (χ1v) is 5.88. The Bertz CT molecular complexity index is 846. The summed E-state index contributed by atoms with van der Waals surface area (Å²) < 4.78 is 0. The number of hydrogen-bond donors (Lipinski definition) is 0. The summed E-state index contributed by atoms with van der Waals surface area (Å²) in [5.41, 5.74) is 1.55. The molecule has 3 aromatic carbocycles. The van der Waals surface area contributed by atoms with Crippen molar-refractivity contribution in [1.82, 2.24) is 0 Å². The summed E-state index contributed by atoms with van der Waals surface area (Å²) in [5.74, 6) is 0.00644. The summed E-state index contributed by atoms with van der Waals surface area (Å²) >= 11 is 0. The van der Waals surface area contributed by atoms with Gasteiger partial charge in [0.05, 0.1) is 17.5 Å². The van der Waals surface area contributed by atoms with Crippen molar-refractivity contribution in [1.29, 1.82) is 0 Å². The third-order valence-electron chi connectivity index (χ3n) is 3.46. The van der Waals surface area contributed by atoms with Gasteiger partial charge in [0.2, 0.25) is 5.78 Å². The van der Waals surface area contributed by atoms with Gasteiger partial charge in [-0.25, -0.2) is 0 Å². The molecule has 1 heterocycles. The Morgan fingerprint density at radius 3 is 2.00 bits per heavy atom. The predicted octanol–water partition coefficient (Wildman–Crippen LogP) is 3.89. The van der Waals surface area contributed by atoms with Crippen LogP contribution >= 0.6 is 0 Å². The van der Waals surface area contributed by atoms with Gasteiger partial charge in [-0.3, -0.25) is 9.79 Å². The fourth-order valence-corrected chi connectivity index (χ4v) is 2.69. The van der Waals surface area contributed by atoms with Crippen molar-refractivity contribution in [2.24, 2.45) is 4.99 Å². The van der Waals surface area contributed by atoms with Crippen LogP contribution in [0.3, 0.4) is 0 Å². The first-order valence-electron chi connectivity index (χ1n) is 5.88. The molecule has 4 rings (SSSR count). The Hall–Kier alpha value is -2.48. The minimum absolute atomic E-state index is 0.00644. The third-order valence-corrected chi connectivity index (χ3v) is 3.46. The van der Waals surface area contributed by atoms with Crippen molar-refractivity contribution in [3.63, 3.8) is 0 Å². The number of benzene rings is 3. The number of fused-ring (bicyclic) bond motifs is 6. The highest BCUT2D eigenvalue weighted by Gasteiger charge is 2.21. The molecule has 0 amide bonds. The van der Waals surface area contributed by atoms with Crippen LogP contribution in [0.4, 0.5) is 5.69 Å². The minimum Gasteiger partial charge on any atom is -0.287 e. The molecule has 0 unspecified atom stereocenters. The Labute approximate surface area is 104 Å². The Morgan fingerprint density at radius 1 is 0.722 bits per heavy atom. The molecule has 0 saturated heterocycles. The van der Waals surface area contributed by atoms with Gasteiger partial charge in [-0.2, -0.15) is 0 Å². The second-order valence-corrected chi connectivity index (χ2v) is 4.44. The topological polar surface area (TPSA) is 29.4 Å². The molecule has 0 saturated carbocycles. The summed E-state index contributed by atoms with van der Waals surface area (Å²) in [5, 5.41) is 4.31. The van der Waals surface area contributed by atoms with Gasteiger partial charge >= 0.3 is 0 Å². The normalized spacial score (nSPS) is 13.4. The second-order valence-electron chi connectivity index (χ2n) is 4.44. The van der Waals surface area contributed by atoms with Crippen LogP contribution in [0, 0.1) is 0 Å². The average molecular weight is 231 g/mol. The highest BCUT2D eigenvalue weighted by atomic mass is 16.1. The molecule has 0 bridgehead atoms. The van der Waals surface area contributed by atoms with Crippen LogP contribution in [0.15, 0.2) is 53.5 Å². The van der Waals surface area contributed by atoms with Gasteiger partial charge in [-0.05, 0) is 16.2 Å². The number of rotatable bonds is 0. The zero-order valence-electron chi connectivity index (χ0n) is 9.55. The number of ketones is 1. The Morgan fingerprint density at radius 2 is 1.28 bits per heavy atom. The van der Waals surface area contributed by atoms with Gasteiger partial charge in [0, 0.05) is 5.39 Å². The lowest BCUT2D eigenvalue weighted by molar-refractivity contribution is 0.107. The summed E-state index contributed by atoms with van der Waals surface area (Å²) in [4.78, 5) is 16.3. The molecule has 0 aromatic heterocycles. The quantitative estimate of drug-likeness (QED) is 0.540. The predicted molar refractivity (Wildman–Crippen MR) is 73.9 cm³/mol. The lowest BCUT2D eigenvalue weighted by Crippen LogP contribution is -1.96. The first kappa shape index (κ1) is 9.54. The van der Waals surface area contributed by atoms with E-state index in [0.29, 0.717) is 0 Å². The van der Waals surface area contributed by atoms with E-state index in [1.807, 2.05) is 36.4 Å². The molecule has 2 heteroatoms. The van der Waals surface area contributed by atoms with Gasteiger partial charge in [-0.1, -0.05) is 48.5 Å². The van der Waals surface area contributed by atoms with Crippen molar-refractivity contribution in [2.75, 3.05) is 0 Å². The van der Waals surface area contributed by atoms with Crippen LogP contribution in [0.5, 0.6) is 0 Å². The van der Waals surface area contributed by atoms with Gasteiger partial charge < -0.3 is 0 Å². The molecule has 84 valence electrons. The molecule has 2 nitrogen and oxygen atoms in total. The van der Waals surface area contributed by atoms with E-state index in [2.05, 4.69) is 17.1 Å². The van der Waals surface area contributed by atoms with Gasteiger partial charge in [0.1, 0.15) is 0 Å². The molecular weight excluding hydrogens is 222 g/mol. The van der Waals surface area contributed by atoms with Crippen LogP contribution in [-0.2, 0) is 0 Å². The maximum Gasteiger partial charge on any atom is 0.206 e. The van der Waals surface area contributed by atoms with E-state index in [0.717, 1.165) is 32.8 Å². The van der Waals surface area contributed by atoms with Crippen molar-refractivity contribution >= 4 is 39.2 Å². The zero-order chi connectivity index (χ0) is 12.1. The molecule has 1 aliphatic rings. The fraction of sp³-hybridized carbons (Fsp3) is 0.